The van der Waals surface area contributed by atoms with E-state index in [9.17, 15) is 4.79 Å². The quantitative estimate of drug-likeness (QED) is 0.484. The second-order valence-electron chi connectivity index (χ2n) is 7.19. The maximum atomic E-state index is 10.0. The lowest BCUT2D eigenvalue weighted by Crippen LogP contribution is -2.29. The summed E-state index contributed by atoms with van der Waals surface area (Å²) in [7, 11) is 0. The monoisotopic (exact) mass is 450 g/mol. The van der Waals surface area contributed by atoms with E-state index in [4.69, 9.17) is 10.2 Å². The molecule has 1 aromatic heterocycles. The number of rotatable bonds is 4. The largest absolute Gasteiger partial charge is 0.465 e. The molecule has 2 fully saturated rings. The fourth-order valence-electron chi connectivity index (χ4n) is 3.07. The van der Waals surface area contributed by atoms with Gasteiger partial charge in [0.1, 0.15) is 0 Å². The Bertz CT molecular complexity index is 683. The number of β-amino-alcohol motifs (C(OH)–C–C–N with tert-alkyl or cyclic N) is 1. The van der Waals surface area contributed by atoms with Gasteiger partial charge in [0.15, 0.2) is 0 Å². The molecular formula is C23H38N4O3S. The second kappa shape index (κ2) is 16.7. The van der Waals surface area contributed by atoms with Crippen molar-refractivity contribution in [1.29, 1.82) is 0 Å². The number of nitrogens with zero attached hydrogens (tertiary/aromatic N) is 1. The van der Waals surface area contributed by atoms with Gasteiger partial charge in [-0.1, -0.05) is 43.7 Å². The zero-order valence-corrected chi connectivity index (χ0v) is 19.8. The van der Waals surface area contributed by atoms with E-state index in [1.807, 2.05) is 25.6 Å². The molecular weight excluding hydrogens is 412 g/mol. The highest BCUT2D eigenvalue weighted by molar-refractivity contribution is 7.13. The van der Waals surface area contributed by atoms with Crippen LogP contribution in [0.1, 0.15) is 45.1 Å². The van der Waals surface area contributed by atoms with Crippen LogP contribution < -0.4 is 16.0 Å². The summed E-state index contributed by atoms with van der Waals surface area (Å²) < 4.78 is 0. The maximum absolute atomic E-state index is 10.0. The lowest BCUT2D eigenvalue weighted by Gasteiger charge is -2.08. The number of amides is 1. The van der Waals surface area contributed by atoms with E-state index in [1.54, 1.807) is 11.3 Å². The van der Waals surface area contributed by atoms with E-state index >= 15 is 0 Å². The molecule has 1 amide bonds. The molecule has 3 heterocycles. The highest BCUT2D eigenvalue weighted by Crippen LogP contribution is 2.22. The normalized spacial score (nSPS) is 19.1. The molecule has 7 nitrogen and oxygen atoms in total. The highest BCUT2D eigenvalue weighted by Gasteiger charge is 2.13. The van der Waals surface area contributed by atoms with Crippen LogP contribution in [0.3, 0.4) is 0 Å². The minimum atomic E-state index is -0.928. The van der Waals surface area contributed by atoms with E-state index < -0.39 is 6.09 Å². The smallest absolute Gasteiger partial charge is 0.404 e. The standard InChI is InChI=1S/C10H9NS.C7H14N2O2.C4H9NO.C2H6/c1-8-2-4-9(5-3-8)10-6-11-7-12-10;10-7(11)9-5-3-6-2-1-4-8-6;6-4-1-2-5-3-4;1-2/h2-7H,1H3;6,8-9H,1-5H2,(H,10,11);4-6H,1-3H2;1-2H3. The predicted octanol–water partition coefficient (Wildman–Crippen LogP) is 3.88. The molecule has 2 unspecified atom stereocenters. The summed E-state index contributed by atoms with van der Waals surface area (Å²) in [5.41, 5.74) is 4.40. The molecule has 0 bridgehead atoms. The van der Waals surface area contributed by atoms with Gasteiger partial charge in [0.2, 0.25) is 0 Å². The van der Waals surface area contributed by atoms with E-state index in [2.05, 4.69) is 52.1 Å². The van der Waals surface area contributed by atoms with Gasteiger partial charge >= 0.3 is 6.09 Å². The van der Waals surface area contributed by atoms with Crippen LogP contribution in [0.15, 0.2) is 36.0 Å². The van der Waals surface area contributed by atoms with Gasteiger partial charge in [-0.2, -0.15) is 0 Å². The number of nitrogens with one attached hydrogen (secondary N) is 3. The van der Waals surface area contributed by atoms with Gasteiger partial charge in [-0.15, -0.1) is 11.3 Å². The summed E-state index contributed by atoms with van der Waals surface area (Å²) in [4.78, 5) is 15.3. The van der Waals surface area contributed by atoms with Crippen LogP contribution in [-0.4, -0.2) is 59.6 Å². The minimum absolute atomic E-state index is 0.0648. The van der Waals surface area contributed by atoms with Crippen LogP contribution >= 0.6 is 11.3 Å². The van der Waals surface area contributed by atoms with Gasteiger partial charge in [-0.25, -0.2) is 4.79 Å². The molecule has 2 aromatic rings. The van der Waals surface area contributed by atoms with Crippen molar-refractivity contribution >= 4 is 17.4 Å². The van der Waals surface area contributed by atoms with E-state index in [1.165, 1.54) is 28.8 Å². The number of benzene rings is 1. The molecule has 0 radical (unpaired) electrons. The lowest BCUT2D eigenvalue weighted by molar-refractivity contribution is 0.194. The van der Waals surface area contributed by atoms with E-state index in [0.717, 1.165) is 32.5 Å². The average Bonchev–Trinajstić information content (AvgIpc) is 3.55. The average molecular weight is 451 g/mol. The third kappa shape index (κ3) is 12.4. The lowest BCUT2D eigenvalue weighted by atomic mass is 10.1. The van der Waals surface area contributed by atoms with Crippen molar-refractivity contribution in [3.05, 3.63) is 41.5 Å². The van der Waals surface area contributed by atoms with Crippen molar-refractivity contribution in [2.24, 2.45) is 0 Å². The Morgan fingerprint density at radius 1 is 1.23 bits per heavy atom. The fraction of sp³-hybridized carbons (Fsp3) is 0.565. The molecule has 31 heavy (non-hydrogen) atoms. The summed E-state index contributed by atoms with van der Waals surface area (Å²) in [6, 6.07) is 9.03. The minimum Gasteiger partial charge on any atom is -0.465 e. The van der Waals surface area contributed by atoms with Crippen LogP contribution in [0.25, 0.3) is 10.4 Å². The van der Waals surface area contributed by atoms with Gasteiger partial charge < -0.3 is 26.2 Å². The summed E-state index contributed by atoms with van der Waals surface area (Å²) in [5.74, 6) is 0. The highest BCUT2D eigenvalue weighted by atomic mass is 32.1. The molecule has 174 valence electrons. The Hall–Kier alpha value is -2.00. The molecule has 0 saturated carbocycles. The summed E-state index contributed by atoms with van der Waals surface area (Å²) in [6.07, 6.45) is 5.15. The first-order chi connectivity index (χ1) is 15.0. The molecule has 2 atom stereocenters. The Morgan fingerprint density at radius 3 is 2.42 bits per heavy atom. The maximum Gasteiger partial charge on any atom is 0.404 e. The van der Waals surface area contributed by atoms with Gasteiger partial charge in [0, 0.05) is 25.3 Å². The van der Waals surface area contributed by atoms with Crippen molar-refractivity contribution in [1.82, 2.24) is 20.9 Å². The first-order valence-corrected chi connectivity index (χ1v) is 12.0. The van der Waals surface area contributed by atoms with Crippen molar-refractivity contribution < 1.29 is 15.0 Å². The molecule has 0 spiro atoms. The number of aliphatic hydroxyl groups is 1. The first-order valence-electron chi connectivity index (χ1n) is 11.1. The van der Waals surface area contributed by atoms with Gasteiger partial charge in [-0.3, -0.25) is 4.98 Å². The second-order valence-corrected chi connectivity index (χ2v) is 8.08. The van der Waals surface area contributed by atoms with Crippen LogP contribution in [0.4, 0.5) is 4.79 Å². The summed E-state index contributed by atoms with van der Waals surface area (Å²) in [5, 5.41) is 25.6. The van der Waals surface area contributed by atoms with Crippen LogP contribution in [0, 0.1) is 6.92 Å². The number of hydrogen-bond donors (Lipinski definition) is 5. The van der Waals surface area contributed by atoms with E-state index in [0.29, 0.717) is 12.6 Å². The molecule has 4 rings (SSSR count). The van der Waals surface area contributed by atoms with Gasteiger partial charge in [-0.05, 0) is 51.3 Å². The van der Waals surface area contributed by atoms with Crippen LogP contribution in [-0.2, 0) is 0 Å². The molecule has 2 aliphatic heterocycles. The number of hydrogen-bond acceptors (Lipinski definition) is 6. The summed E-state index contributed by atoms with van der Waals surface area (Å²) >= 11 is 1.67. The molecule has 2 saturated heterocycles. The number of carboxylic acid groups (broad SMARTS) is 1. The Kier molecular flexibility index (Phi) is 14.5. The SMILES string of the molecule is CC.Cc1ccc(-c2cncs2)cc1.O=C(O)NCCC1CCCN1.OC1CCNC1. The number of thiazole rings is 1. The zero-order valence-electron chi connectivity index (χ0n) is 18.9. The van der Waals surface area contributed by atoms with Crippen molar-refractivity contribution in [2.75, 3.05) is 26.2 Å². The topological polar surface area (TPSA) is 107 Å². The molecule has 8 heteroatoms. The van der Waals surface area contributed by atoms with Gasteiger partial charge in [0.25, 0.3) is 0 Å². The fourth-order valence-corrected chi connectivity index (χ4v) is 3.70. The third-order valence-electron chi connectivity index (χ3n) is 4.73. The molecule has 2 aliphatic rings. The number of aromatic nitrogens is 1. The zero-order chi connectivity index (χ0) is 22.9. The number of aliphatic hydroxyl groups excluding tert-OH is 1. The number of aryl methyl sites for hydroxylation is 1. The van der Waals surface area contributed by atoms with Gasteiger partial charge in [0.05, 0.1) is 16.5 Å². The predicted molar refractivity (Wildman–Crippen MR) is 129 cm³/mol. The van der Waals surface area contributed by atoms with Crippen LogP contribution in [0.5, 0.6) is 0 Å². The van der Waals surface area contributed by atoms with Crippen molar-refractivity contribution in [2.45, 2.75) is 58.6 Å². The third-order valence-corrected chi connectivity index (χ3v) is 5.56. The van der Waals surface area contributed by atoms with Crippen LogP contribution in [0.2, 0.25) is 0 Å². The Morgan fingerprint density at radius 2 is 1.97 bits per heavy atom. The number of carbonyl (C=O) groups is 1. The molecule has 5 N–H and O–H groups in total. The Labute approximate surface area is 190 Å². The van der Waals surface area contributed by atoms with Crippen molar-refractivity contribution in [3.8, 4) is 10.4 Å². The van der Waals surface area contributed by atoms with E-state index in [-0.39, 0.29) is 6.10 Å². The molecule has 0 aliphatic carbocycles. The molecule has 1 aromatic carbocycles. The van der Waals surface area contributed by atoms with Crippen molar-refractivity contribution in [3.63, 3.8) is 0 Å². The summed E-state index contributed by atoms with van der Waals surface area (Å²) in [6.45, 7) is 9.52. The Balaban J connectivity index is 0.000000234. The first kappa shape index (κ1) is 27.0.